The summed E-state index contributed by atoms with van der Waals surface area (Å²) in [5.74, 6) is -1.63. The fourth-order valence-corrected chi connectivity index (χ4v) is 1.81. The van der Waals surface area contributed by atoms with Gasteiger partial charge in [-0.25, -0.2) is 0 Å². The van der Waals surface area contributed by atoms with Gasteiger partial charge in [0.1, 0.15) is 18.0 Å². The second-order valence-corrected chi connectivity index (χ2v) is 4.35. The zero-order chi connectivity index (χ0) is 15.4. The van der Waals surface area contributed by atoms with Gasteiger partial charge < -0.3 is 15.3 Å². The van der Waals surface area contributed by atoms with Gasteiger partial charge in [-0.2, -0.15) is 0 Å². The Balaban J connectivity index is 2.35. The smallest absolute Gasteiger partial charge is 0.323 e. The predicted molar refractivity (Wildman–Crippen MR) is 75.5 cm³/mol. The van der Waals surface area contributed by atoms with Crippen molar-refractivity contribution in [3.05, 3.63) is 54.1 Å². The standard InChI is InChI=1S/C15H13NO5/c17-12-5-1-10(2-6-12)15(21)16(9-14(19)20)11-3-7-13(18)8-4-11/h1-8,17-18H,9H2,(H,19,20). The van der Waals surface area contributed by atoms with Crippen LogP contribution in [0.15, 0.2) is 48.5 Å². The first kappa shape index (κ1) is 14.4. The summed E-state index contributed by atoms with van der Waals surface area (Å²) in [7, 11) is 0. The van der Waals surface area contributed by atoms with Crippen LogP contribution in [-0.4, -0.2) is 33.7 Å². The molecule has 2 rings (SSSR count). The molecule has 0 atom stereocenters. The van der Waals surface area contributed by atoms with Gasteiger partial charge in [0.2, 0.25) is 0 Å². The van der Waals surface area contributed by atoms with E-state index in [9.17, 15) is 19.8 Å². The van der Waals surface area contributed by atoms with Crippen LogP contribution in [0, 0.1) is 0 Å². The number of phenolic OH excluding ortho intramolecular Hbond substituents is 2. The maximum Gasteiger partial charge on any atom is 0.323 e. The lowest BCUT2D eigenvalue weighted by Gasteiger charge is -2.21. The monoisotopic (exact) mass is 287 g/mol. The molecule has 0 heterocycles. The molecule has 0 radical (unpaired) electrons. The second-order valence-electron chi connectivity index (χ2n) is 4.35. The Morgan fingerprint density at radius 2 is 1.33 bits per heavy atom. The Kier molecular flexibility index (Phi) is 4.08. The van der Waals surface area contributed by atoms with E-state index >= 15 is 0 Å². The number of carbonyl (C=O) groups excluding carboxylic acids is 1. The molecule has 108 valence electrons. The van der Waals surface area contributed by atoms with Gasteiger partial charge >= 0.3 is 5.97 Å². The van der Waals surface area contributed by atoms with Gasteiger partial charge in [0.15, 0.2) is 0 Å². The van der Waals surface area contributed by atoms with Crippen LogP contribution in [0.5, 0.6) is 11.5 Å². The number of hydrogen-bond donors (Lipinski definition) is 3. The van der Waals surface area contributed by atoms with Crippen molar-refractivity contribution in [2.75, 3.05) is 11.4 Å². The lowest BCUT2D eigenvalue weighted by molar-refractivity contribution is -0.135. The largest absolute Gasteiger partial charge is 0.508 e. The molecular formula is C15H13NO5. The molecule has 0 aliphatic carbocycles. The van der Waals surface area contributed by atoms with Crippen molar-refractivity contribution in [3.63, 3.8) is 0 Å². The van der Waals surface area contributed by atoms with Crippen LogP contribution < -0.4 is 4.90 Å². The third-order valence-corrected chi connectivity index (χ3v) is 2.81. The molecule has 0 saturated carbocycles. The molecule has 1 amide bonds. The van der Waals surface area contributed by atoms with Crippen LogP contribution in [-0.2, 0) is 4.79 Å². The lowest BCUT2D eigenvalue weighted by atomic mass is 10.1. The Morgan fingerprint density at radius 1 is 0.857 bits per heavy atom. The van der Waals surface area contributed by atoms with E-state index in [-0.39, 0.29) is 17.1 Å². The summed E-state index contributed by atoms with van der Waals surface area (Å²) in [4.78, 5) is 24.4. The molecule has 2 aromatic rings. The van der Waals surface area contributed by atoms with Gasteiger partial charge in [-0.15, -0.1) is 0 Å². The summed E-state index contributed by atoms with van der Waals surface area (Å²) >= 11 is 0. The molecule has 0 saturated heterocycles. The van der Waals surface area contributed by atoms with Crippen molar-refractivity contribution in [2.24, 2.45) is 0 Å². The average Bonchev–Trinajstić information content (AvgIpc) is 2.46. The van der Waals surface area contributed by atoms with Crippen molar-refractivity contribution >= 4 is 17.6 Å². The molecule has 0 fully saturated rings. The van der Waals surface area contributed by atoms with Crippen molar-refractivity contribution in [1.29, 1.82) is 0 Å². The number of nitrogens with zero attached hydrogens (tertiary/aromatic N) is 1. The zero-order valence-electron chi connectivity index (χ0n) is 10.9. The molecule has 0 bridgehead atoms. The van der Waals surface area contributed by atoms with Crippen molar-refractivity contribution in [1.82, 2.24) is 0 Å². The molecular weight excluding hydrogens is 274 g/mol. The number of carboxylic acid groups (broad SMARTS) is 1. The summed E-state index contributed by atoms with van der Waals surface area (Å²) in [5, 5.41) is 27.4. The van der Waals surface area contributed by atoms with E-state index in [1.807, 2.05) is 0 Å². The summed E-state index contributed by atoms with van der Waals surface area (Å²) in [5.41, 5.74) is 0.607. The maximum absolute atomic E-state index is 12.4. The molecule has 0 spiro atoms. The number of carboxylic acids is 1. The number of anilines is 1. The summed E-state index contributed by atoms with van der Waals surface area (Å²) < 4.78 is 0. The van der Waals surface area contributed by atoms with Gasteiger partial charge in [-0.3, -0.25) is 14.5 Å². The molecule has 21 heavy (non-hydrogen) atoms. The van der Waals surface area contributed by atoms with Crippen molar-refractivity contribution < 1.29 is 24.9 Å². The van der Waals surface area contributed by atoms with Crippen LogP contribution in [0.4, 0.5) is 5.69 Å². The normalized spacial score (nSPS) is 10.1. The van der Waals surface area contributed by atoms with E-state index in [4.69, 9.17) is 5.11 Å². The number of carbonyl (C=O) groups is 2. The minimum Gasteiger partial charge on any atom is -0.508 e. The highest BCUT2D eigenvalue weighted by Crippen LogP contribution is 2.21. The van der Waals surface area contributed by atoms with Crippen molar-refractivity contribution in [2.45, 2.75) is 0 Å². The third-order valence-electron chi connectivity index (χ3n) is 2.81. The number of amides is 1. The summed E-state index contributed by atoms with van der Waals surface area (Å²) in [6.45, 7) is -0.509. The minimum atomic E-state index is -1.16. The van der Waals surface area contributed by atoms with E-state index in [1.165, 1.54) is 48.5 Å². The predicted octanol–water partition coefficient (Wildman–Crippen LogP) is 1.83. The summed E-state index contributed by atoms with van der Waals surface area (Å²) in [6, 6.07) is 11.2. The van der Waals surface area contributed by atoms with Gasteiger partial charge in [-0.1, -0.05) is 0 Å². The topological polar surface area (TPSA) is 98.1 Å². The van der Waals surface area contributed by atoms with E-state index in [1.54, 1.807) is 0 Å². The second kappa shape index (κ2) is 5.96. The van der Waals surface area contributed by atoms with Crippen molar-refractivity contribution in [3.8, 4) is 11.5 Å². The fourth-order valence-electron chi connectivity index (χ4n) is 1.81. The molecule has 6 heteroatoms. The van der Waals surface area contributed by atoms with Crippen LogP contribution in [0.25, 0.3) is 0 Å². The Bertz CT molecular complexity index is 649. The van der Waals surface area contributed by atoms with Crippen LogP contribution in [0.1, 0.15) is 10.4 Å². The summed E-state index contributed by atoms with van der Waals surface area (Å²) in [6.07, 6.45) is 0. The minimum absolute atomic E-state index is 0.0148. The van der Waals surface area contributed by atoms with Gasteiger partial charge in [0.05, 0.1) is 0 Å². The van der Waals surface area contributed by atoms with E-state index in [0.717, 1.165) is 4.90 Å². The molecule has 0 aliphatic heterocycles. The first-order valence-electron chi connectivity index (χ1n) is 6.09. The van der Waals surface area contributed by atoms with Crippen LogP contribution >= 0.6 is 0 Å². The fraction of sp³-hybridized carbons (Fsp3) is 0.0667. The molecule has 0 unspecified atom stereocenters. The highest BCUT2D eigenvalue weighted by atomic mass is 16.4. The number of aromatic hydroxyl groups is 2. The van der Waals surface area contributed by atoms with Gasteiger partial charge in [-0.05, 0) is 48.5 Å². The van der Waals surface area contributed by atoms with Gasteiger partial charge in [0.25, 0.3) is 5.91 Å². The third kappa shape index (κ3) is 3.50. The van der Waals surface area contributed by atoms with Crippen LogP contribution in [0.2, 0.25) is 0 Å². The lowest BCUT2D eigenvalue weighted by Crippen LogP contribution is -2.35. The van der Waals surface area contributed by atoms with E-state index in [2.05, 4.69) is 0 Å². The quantitative estimate of drug-likeness (QED) is 0.797. The Hall–Kier alpha value is -3.02. The average molecular weight is 287 g/mol. The first-order valence-corrected chi connectivity index (χ1v) is 6.09. The molecule has 0 aliphatic rings. The highest BCUT2D eigenvalue weighted by molar-refractivity contribution is 6.08. The van der Waals surface area contributed by atoms with E-state index in [0.29, 0.717) is 5.69 Å². The molecule has 2 aromatic carbocycles. The van der Waals surface area contributed by atoms with E-state index < -0.39 is 18.4 Å². The Morgan fingerprint density at radius 3 is 1.81 bits per heavy atom. The molecule has 0 aromatic heterocycles. The number of benzene rings is 2. The maximum atomic E-state index is 12.4. The van der Waals surface area contributed by atoms with Crippen LogP contribution in [0.3, 0.4) is 0 Å². The van der Waals surface area contributed by atoms with Gasteiger partial charge in [0, 0.05) is 11.3 Å². The molecule has 6 nitrogen and oxygen atoms in total. The SMILES string of the molecule is O=C(O)CN(C(=O)c1ccc(O)cc1)c1ccc(O)cc1. The highest BCUT2D eigenvalue weighted by Gasteiger charge is 2.20. The zero-order valence-corrected chi connectivity index (χ0v) is 10.9. The number of hydrogen-bond acceptors (Lipinski definition) is 4. The number of rotatable bonds is 4. The number of phenols is 2. The molecule has 3 N–H and O–H groups in total. The Labute approximate surface area is 120 Å². The number of aliphatic carboxylic acids is 1. The first-order chi connectivity index (χ1) is 9.97.